The molecular formula is C24H27NO5. The predicted octanol–water partition coefficient (Wildman–Crippen LogP) is 4.26. The number of fused-ring (bicyclic) bond motifs is 1. The van der Waals surface area contributed by atoms with Crippen molar-refractivity contribution in [2.45, 2.75) is 26.3 Å². The van der Waals surface area contributed by atoms with Crippen LogP contribution >= 0.6 is 0 Å². The molecule has 6 nitrogen and oxygen atoms in total. The predicted molar refractivity (Wildman–Crippen MR) is 114 cm³/mol. The van der Waals surface area contributed by atoms with E-state index in [2.05, 4.69) is 11.8 Å². The van der Waals surface area contributed by atoms with E-state index in [-0.39, 0.29) is 17.3 Å². The highest BCUT2D eigenvalue weighted by atomic mass is 16.5. The van der Waals surface area contributed by atoms with Gasteiger partial charge in [0, 0.05) is 6.54 Å². The molecule has 158 valence electrons. The molecule has 2 heterocycles. The summed E-state index contributed by atoms with van der Waals surface area (Å²) < 4.78 is 16.6. The van der Waals surface area contributed by atoms with Crippen molar-refractivity contribution in [3.63, 3.8) is 0 Å². The van der Waals surface area contributed by atoms with Crippen molar-refractivity contribution in [2.24, 2.45) is 5.92 Å². The summed E-state index contributed by atoms with van der Waals surface area (Å²) in [5.41, 5.74) is 1.92. The number of piperidine rings is 1. The van der Waals surface area contributed by atoms with Crippen LogP contribution in [0, 0.1) is 5.92 Å². The third-order valence-electron chi connectivity index (χ3n) is 5.88. The lowest BCUT2D eigenvalue weighted by molar-refractivity contribution is 0.101. The van der Waals surface area contributed by atoms with E-state index in [4.69, 9.17) is 14.2 Å². The molecule has 0 atom stereocenters. The average molecular weight is 409 g/mol. The minimum Gasteiger partial charge on any atom is -0.507 e. The second-order valence-corrected chi connectivity index (χ2v) is 7.95. The number of likely N-dealkylation sites (tertiary alicyclic amines) is 1. The van der Waals surface area contributed by atoms with Crippen molar-refractivity contribution >= 4 is 11.9 Å². The zero-order valence-corrected chi connectivity index (χ0v) is 17.6. The third-order valence-corrected chi connectivity index (χ3v) is 5.88. The summed E-state index contributed by atoms with van der Waals surface area (Å²) in [6, 6.07) is 8.62. The Balaban J connectivity index is 1.62. The molecule has 1 saturated heterocycles. The van der Waals surface area contributed by atoms with E-state index in [0.717, 1.165) is 37.4 Å². The monoisotopic (exact) mass is 409 g/mol. The number of phenols is 1. The highest BCUT2D eigenvalue weighted by molar-refractivity contribution is 6.15. The summed E-state index contributed by atoms with van der Waals surface area (Å²) in [7, 11) is 3.14. The van der Waals surface area contributed by atoms with Crippen LogP contribution in [0.4, 0.5) is 0 Å². The first-order valence-corrected chi connectivity index (χ1v) is 10.2. The number of nitrogens with zero attached hydrogens (tertiary/aromatic N) is 1. The molecule has 2 aliphatic rings. The Kier molecular flexibility index (Phi) is 5.68. The maximum Gasteiger partial charge on any atom is 0.231 e. The van der Waals surface area contributed by atoms with Crippen molar-refractivity contribution in [1.82, 2.24) is 4.90 Å². The number of phenolic OH excluding ortho intramolecular Hbond substituents is 1. The molecule has 0 spiro atoms. The van der Waals surface area contributed by atoms with Crippen molar-refractivity contribution in [1.29, 1.82) is 0 Å². The second-order valence-electron chi connectivity index (χ2n) is 7.95. The second kappa shape index (κ2) is 8.40. The number of aromatic hydroxyl groups is 1. The van der Waals surface area contributed by atoms with Crippen LogP contribution in [-0.2, 0) is 6.54 Å². The van der Waals surface area contributed by atoms with Gasteiger partial charge in [-0.25, -0.2) is 0 Å². The molecule has 0 aliphatic carbocycles. The lowest BCUT2D eigenvalue weighted by Gasteiger charge is -2.30. The standard InChI is InChI=1S/C24H27NO5/c1-15-8-10-25(11-9-15)14-18-19(26)6-5-17-23(27)22(30-24(17)18)13-16-4-7-20(28-2)21(12-16)29-3/h4-7,12-13,15,26H,8-11,14H2,1-3H3. The smallest absolute Gasteiger partial charge is 0.231 e. The Labute approximate surface area is 176 Å². The number of allylic oxidation sites excluding steroid dienone is 1. The number of benzene rings is 2. The zero-order valence-electron chi connectivity index (χ0n) is 17.6. The minimum atomic E-state index is -0.187. The van der Waals surface area contributed by atoms with Crippen LogP contribution in [0.15, 0.2) is 36.1 Å². The molecule has 0 radical (unpaired) electrons. The van der Waals surface area contributed by atoms with Crippen LogP contribution in [0.1, 0.15) is 41.3 Å². The maximum absolute atomic E-state index is 12.9. The topological polar surface area (TPSA) is 68.2 Å². The number of ketones is 1. The summed E-state index contributed by atoms with van der Waals surface area (Å²) >= 11 is 0. The van der Waals surface area contributed by atoms with Crippen LogP contribution in [0.25, 0.3) is 6.08 Å². The zero-order chi connectivity index (χ0) is 21.3. The van der Waals surface area contributed by atoms with Crippen LogP contribution in [0.5, 0.6) is 23.0 Å². The van der Waals surface area contributed by atoms with Crippen molar-refractivity contribution in [2.75, 3.05) is 27.3 Å². The highest BCUT2D eigenvalue weighted by Crippen LogP contribution is 2.41. The lowest BCUT2D eigenvalue weighted by atomic mass is 9.98. The Morgan fingerprint density at radius 3 is 2.57 bits per heavy atom. The summed E-state index contributed by atoms with van der Waals surface area (Å²) in [5, 5.41) is 10.5. The summed E-state index contributed by atoms with van der Waals surface area (Å²) in [5.74, 6) is 2.59. The molecule has 0 amide bonds. The quantitative estimate of drug-likeness (QED) is 0.745. The molecule has 2 aromatic carbocycles. The fourth-order valence-electron chi connectivity index (χ4n) is 3.99. The molecule has 0 bridgehead atoms. The fraction of sp³-hybridized carbons (Fsp3) is 0.375. The number of hydrogen-bond acceptors (Lipinski definition) is 6. The van der Waals surface area contributed by atoms with Gasteiger partial charge in [0.1, 0.15) is 11.5 Å². The number of hydrogen-bond donors (Lipinski definition) is 1. The number of methoxy groups -OCH3 is 2. The molecule has 4 rings (SSSR count). The Morgan fingerprint density at radius 2 is 1.87 bits per heavy atom. The van der Waals surface area contributed by atoms with Crippen LogP contribution in [0.2, 0.25) is 0 Å². The van der Waals surface area contributed by atoms with E-state index >= 15 is 0 Å². The average Bonchev–Trinajstić information content (AvgIpc) is 3.07. The van der Waals surface area contributed by atoms with Gasteiger partial charge < -0.3 is 19.3 Å². The molecule has 2 aromatic rings. The van der Waals surface area contributed by atoms with E-state index in [1.807, 2.05) is 6.07 Å². The van der Waals surface area contributed by atoms with E-state index in [1.165, 1.54) is 0 Å². The highest BCUT2D eigenvalue weighted by Gasteiger charge is 2.32. The van der Waals surface area contributed by atoms with Gasteiger partial charge in [-0.15, -0.1) is 0 Å². The van der Waals surface area contributed by atoms with Gasteiger partial charge >= 0.3 is 0 Å². The van der Waals surface area contributed by atoms with Crippen molar-refractivity contribution < 1.29 is 24.1 Å². The SMILES string of the molecule is COc1ccc(C=C2Oc3c(ccc(O)c3CN3CCC(C)CC3)C2=O)cc1OC. The van der Waals surface area contributed by atoms with Crippen LogP contribution < -0.4 is 14.2 Å². The maximum atomic E-state index is 12.9. The normalized spacial score (nSPS) is 18.4. The molecular weight excluding hydrogens is 382 g/mol. The Morgan fingerprint density at radius 1 is 1.13 bits per heavy atom. The first-order valence-electron chi connectivity index (χ1n) is 10.2. The summed E-state index contributed by atoms with van der Waals surface area (Å²) in [4.78, 5) is 15.2. The summed E-state index contributed by atoms with van der Waals surface area (Å²) in [6.07, 6.45) is 3.97. The number of ether oxygens (including phenoxy) is 3. The Bertz CT molecular complexity index is 989. The van der Waals surface area contributed by atoms with Gasteiger partial charge in [0.15, 0.2) is 17.3 Å². The first kappa shape index (κ1) is 20.3. The third kappa shape index (κ3) is 3.87. The van der Waals surface area contributed by atoms with E-state index < -0.39 is 0 Å². The summed E-state index contributed by atoms with van der Waals surface area (Å²) in [6.45, 7) is 4.79. The first-order chi connectivity index (χ1) is 14.5. The number of Topliss-reactive ketones (excluding diaryl/α,β-unsaturated/α-hetero) is 1. The van der Waals surface area contributed by atoms with E-state index in [0.29, 0.717) is 34.9 Å². The van der Waals surface area contributed by atoms with Gasteiger partial charge in [-0.3, -0.25) is 9.69 Å². The molecule has 6 heteroatoms. The fourth-order valence-corrected chi connectivity index (χ4v) is 3.99. The van der Waals surface area contributed by atoms with Gasteiger partial charge in [0.2, 0.25) is 5.78 Å². The molecule has 2 aliphatic heterocycles. The van der Waals surface area contributed by atoms with E-state index in [9.17, 15) is 9.90 Å². The van der Waals surface area contributed by atoms with Crippen LogP contribution in [-0.4, -0.2) is 43.1 Å². The molecule has 0 unspecified atom stereocenters. The van der Waals surface area contributed by atoms with Gasteiger partial charge in [-0.05, 0) is 67.8 Å². The van der Waals surface area contributed by atoms with Gasteiger partial charge in [0.05, 0.1) is 25.3 Å². The largest absolute Gasteiger partial charge is 0.507 e. The van der Waals surface area contributed by atoms with Crippen molar-refractivity contribution in [3.8, 4) is 23.0 Å². The lowest BCUT2D eigenvalue weighted by Crippen LogP contribution is -2.32. The molecule has 30 heavy (non-hydrogen) atoms. The molecule has 1 fully saturated rings. The van der Waals surface area contributed by atoms with Gasteiger partial charge in [-0.1, -0.05) is 13.0 Å². The van der Waals surface area contributed by atoms with E-state index in [1.54, 1.807) is 44.6 Å². The number of carbonyl (C=O) groups excluding carboxylic acids is 1. The molecule has 0 aromatic heterocycles. The van der Waals surface area contributed by atoms with Crippen LogP contribution in [0.3, 0.4) is 0 Å². The van der Waals surface area contributed by atoms with Gasteiger partial charge in [0.25, 0.3) is 0 Å². The molecule has 1 N–H and O–H groups in total. The van der Waals surface area contributed by atoms with Gasteiger partial charge in [-0.2, -0.15) is 0 Å². The number of carbonyl (C=O) groups is 1. The van der Waals surface area contributed by atoms with Crippen molar-refractivity contribution in [3.05, 3.63) is 52.8 Å². The minimum absolute atomic E-state index is 0.160. The Hall–Kier alpha value is -2.99. The molecule has 0 saturated carbocycles. The number of rotatable bonds is 5.